The quantitative estimate of drug-likeness (QED) is 0.853. The number of hydrogen-bond donors (Lipinski definition) is 0. The number of likely N-dealkylation sites (tertiary alicyclic amines) is 1. The molecule has 124 valence electrons. The van der Waals surface area contributed by atoms with Crippen molar-refractivity contribution in [3.8, 4) is 5.75 Å². The molecule has 0 unspecified atom stereocenters. The van der Waals surface area contributed by atoms with Gasteiger partial charge in [0.15, 0.2) is 0 Å². The molecule has 0 radical (unpaired) electrons. The summed E-state index contributed by atoms with van der Waals surface area (Å²) in [6.45, 7) is 3.59. The normalized spacial score (nSPS) is 20.2. The fourth-order valence-corrected chi connectivity index (χ4v) is 3.24. The molecule has 0 atom stereocenters. The Balaban J connectivity index is 1.68. The van der Waals surface area contributed by atoms with Gasteiger partial charge in [-0.1, -0.05) is 12.1 Å². The van der Waals surface area contributed by atoms with Gasteiger partial charge >= 0.3 is 0 Å². The van der Waals surface area contributed by atoms with Crippen molar-refractivity contribution in [3.05, 3.63) is 29.8 Å². The number of rotatable bonds is 3. The molecule has 6 heteroatoms. The Hall–Kier alpha value is -2.08. The SMILES string of the molecule is CCOc1ccccc1C(=O)N1CCC2(CC1)CC(=O)N(C)O2. The number of hydroxylamine groups is 2. The van der Waals surface area contributed by atoms with Gasteiger partial charge in [0, 0.05) is 20.1 Å². The van der Waals surface area contributed by atoms with Crippen LogP contribution in [0.5, 0.6) is 5.75 Å². The van der Waals surface area contributed by atoms with Crippen molar-refractivity contribution in [3.63, 3.8) is 0 Å². The highest BCUT2D eigenvalue weighted by Crippen LogP contribution is 2.36. The van der Waals surface area contributed by atoms with Gasteiger partial charge < -0.3 is 9.64 Å². The highest BCUT2D eigenvalue weighted by molar-refractivity contribution is 5.97. The number of ether oxygens (including phenoxy) is 1. The van der Waals surface area contributed by atoms with Crippen LogP contribution in [0.2, 0.25) is 0 Å². The van der Waals surface area contributed by atoms with Crippen LogP contribution in [-0.2, 0) is 9.63 Å². The smallest absolute Gasteiger partial charge is 0.257 e. The molecule has 2 aliphatic heterocycles. The second-order valence-corrected chi connectivity index (χ2v) is 6.06. The van der Waals surface area contributed by atoms with E-state index in [1.807, 2.05) is 30.0 Å². The topological polar surface area (TPSA) is 59.1 Å². The second kappa shape index (κ2) is 6.20. The van der Waals surface area contributed by atoms with E-state index in [-0.39, 0.29) is 11.8 Å². The van der Waals surface area contributed by atoms with Crippen molar-refractivity contribution < 1.29 is 19.2 Å². The molecule has 1 aromatic carbocycles. The summed E-state index contributed by atoms with van der Waals surface area (Å²) in [5.41, 5.74) is 0.160. The van der Waals surface area contributed by atoms with E-state index in [0.29, 0.717) is 50.3 Å². The third kappa shape index (κ3) is 3.03. The Morgan fingerprint density at radius 1 is 1.30 bits per heavy atom. The van der Waals surface area contributed by atoms with Crippen molar-refractivity contribution in [1.82, 2.24) is 9.96 Å². The number of para-hydroxylation sites is 1. The van der Waals surface area contributed by atoms with E-state index in [9.17, 15) is 9.59 Å². The average molecular weight is 318 g/mol. The first kappa shape index (κ1) is 15.8. The van der Waals surface area contributed by atoms with Crippen LogP contribution in [0.25, 0.3) is 0 Å². The Labute approximate surface area is 135 Å². The van der Waals surface area contributed by atoms with Gasteiger partial charge in [-0.2, -0.15) is 0 Å². The largest absolute Gasteiger partial charge is 0.493 e. The van der Waals surface area contributed by atoms with Crippen LogP contribution in [0.15, 0.2) is 24.3 Å². The summed E-state index contributed by atoms with van der Waals surface area (Å²) in [6.07, 6.45) is 1.75. The minimum atomic E-state index is -0.429. The zero-order valence-corrected chi connectivity index (χ0v) is 13.6. The standard InChI is InChI=1S/C17H22N2O4/c1-3-22-14-7-5-4-6-13(14)16(21)19-10-8-17(9-11-19)12-15(20)18(2)23-17/h4-7H,3,8-12H2,1-2H3. The monoisotopic (exact) mass is 318 g/mol. The Morgan fingerprint density at radius 3 is 2.61 bits per heavy atom. The van der Waals surface area contributed by atoms with Gasteiger partial charge in [0.2, 0.25) is 5.91 Å². The average Bonchev–Trinajstić information content (AvgIpc) is 2.82. The summed E-state index contributed by atoms with van der Waals surface area (Å²) in [7, 11) is 1.65. The van der Waals surface area contributed by atoms with Crippen LogP contribution < -0.4 is 4.74 Å². The van der Waals surface area contributed by atoms with Crippen LogP contribution in [0, 0.1) is 0 Å². The van der Waals surface area contributed by atoms with E-state index in [0.717, 1.165) is 0 Å². The van der Waals surface area contributed by atoms with Crippen molar-refractivity contribution in [2.75, 3.05) is 26.7 Å². The molecule has 2 fully saturated rings. The molecule has 0 N–H and O–H groups in total. The predicted molar refractivity (Wildman–Crippen MR) is 84.0 cm³/mol. The molecule has 2 saturated heterocycles. The molecule has 0 saturated carbocycles. The first-order valence-electron chi connectivity index (χ1n) is 8.01. The van der Waals surface area contributed by atoms with Gasteiger partial charge in [-0.3, -0.25) is 14.4 Å². The molecule has 2 amide bonds. The molecule has 3 rings (SSSR count). The van der Waals surface area contributed by atoms with Crippen LogP contribution in [0.4, 0.5) is 0 Å². The summed E-state index contributed by atoms with van der Waals surface area (Å²) in [4.78, 5) is 32.0. The van der Waals surface area contributed by atoms with E-state index in [1.165, 1.54) is 5.06 Å². The highest BCUT2D eigenvalue weighted by Gasteiger charge is 2.46. The van der Waals surface area contributed by atoms with Gasteiger partial charge in [0.1, 0.15) is 11.4 Å². The maximum atomic E-state index is 12.8. The van der Waals surface area contributed by atoms with Gasteiger partial charge in [-0.05, 0) is 31.9 Å². The third-order valence-electron chi connectivity index (χ3n) is 4.53. The third-order valence-corrected chi connectivity index (χ3v) is 4.53. The maximum absolute atomic E-state index is 12.8. The number of amides is 2. The van der Waals surface area contributed by atoms with E-state index >= 15 is 0 Å². The minimum absolute atomic E-state index is 0.00599. The molecule has 2 aliphatic rings. The van der Waals surface area contributed by atoms with Crippen molar-refractivity contribution >= 4 is 11.8 Å². The number of nitrogens with zero attached hydrogens (tertiary/aromatic N) is 2. The minimum Gasteiger partial charge on any atom is -0.493 e. The van der Waals surface area contributed by atoms with Crippen LogP contribution in [0.1, 0.15) is 36.5 Å². The lowest BCUT2D eigenvalue weighted by Crippen LogP contribution is -2.47. The van der Waals surface area contributed by atoms with Gasteiger partial charge in [0.25, 0.3) is 5.91 Å². The summed E-state index contributed by atoms with van der Waals surface area (Å²) in [5.74, 6) is 0.598. The molecule has 23 heavy (non-hydrogen) atoms. The van der Waals surface area contributed by atoms with E-state index < -0.39 is 5.60 Å². The van der Waals surface area contributed by atoms with E-state index in [1.54, 1.807) is 13.1 Å². The molecule has 1 spiro atoms. The highest BCUT2D eigenvalue weighted by atomic mass is 16.7. The maximum Gasteiger partial charge on any atom is 0.257 e. The summed E-state index contributed by atoms with van der Waals surface area (Å²) < 4.78 is 5.55. The zero-order chi connectivity index (χ0) is 16.4. The van der Waals surface area contributed by atoms with Gasteiger partial charge in [0.05, 0.1) is 18.6 Å². The number of carbonyl (C=O) groups excluding carboxylic acids is 2. The zero-order valence-electron chi connectivity index (χ0n) is 13.6. The number of carbonyl (C=O) groups is 2. The van der Waals surface area contributed by atoms with Crippen molar-refractivity contribution in [2.45, 2.75) is 31.8 Å². The molecular formula is C17H22N2O4. The summed E-state index contributed by atoms with van der Waals surface area (Å²) in [6, 6.07) is 7.31. The van der Waals surface area contributed by atoms with Crippen LogP contribution in [-0.4, -0.2) is 54.1 Å². The number of piperidine rings is 1. The Morgan fingerprint density at radius 2 is 2.00 bits per heavy atom. The lowest BCUT2D eigenvalue weighted by Gasteiger charge is -2.37. The van der Waals surface area contributed by atoms with Gasteiger partial charge in [-0.15, -0.1) is 0 Å². The lowest BCUT2D eigenvalue weighted by molar-refractivity contribution is -0.197. The fraction of sp³-hybridized carbons (Fsp3) is 0.529. The molecule has 6 nitrogen and oxygen atoms in total. The second-order valence-electron chi connectivity index (χ2n) is 6.06. The van der Waals surface area contributed by atoms with Gasteiger partial charge in [-0.25, -0.2) is 5.06 Å². The molecule has 0 aliphatic carbocycles. The molecule has 2 heterocycles. The van der Waals surface area contributed by atoms with E-state index in [4.69, 9.17) is 9.57 Å². The first-order valence-corrected chi connectivity index (χ1v) is 8.01. The predicted octanol–water partition coefficient (Wildman–Crippen LogP) is 1.85. The lowest BCUT2D eigenvalue weighted by atomic mass is 9.88. The number of hydrogen-bond acceptors (Lipinski definition) is 4. The summed E-state index contributed by atoms with van der Waals surface area (Å²) >= 11 is 0. The van der Waals surface area contributed by atoms with E-state index in [2.05, 4.69) is 0 Å². The molecule has 0 aromatic heterocycles. The Bertz CT molecular complexity index is 608. The first-order chi connectivity index (χ1) is 11.0. The fourth-order valence-electron chi connectivity index (χ4n) is 3.24. The van der Waals surface area contributed by atoms with Crippen molar-refractivity contribution in [1.29, 1.82) is 0 Å². The number of benzene rings is 1. The Kier molecular flexibility index (Phi) is 4.26. The van der Waals surface area contributed by atoms with Crippen LogP contribution >= 0.6 is 0 Å². The molecule has 1 aromatic rings. The molecule has 0 bridgehead atoms. The molecular weight excluding hydrogens is 296 g/mol. The van der Waals surface area contributed by atoms with Crippen molar-refractivity contribution in [2.24, 2.45) is 0 Å². The summed E-state index contributed by atoms with van der Waals surface area (Å²) in [5, 5.41) is 1.32. The van der Waals surface area contributed by atoms with Crippen LogP contribution in [0.3, 0.4) is 0 Å².